The molecule has 0 rings (SSSR count). The van der Waals surface area contributed by atoms with Gasteiger partial charge in [0.05, 0.1) is 0 Å². The number of aliphatic imine (C=N–C) groups is 1. The molecule has 2 N–H and O–H groups in total. The summed E-state index contributed by atoms with van der Waals surface area (Å²) in [5.41, 5.74) is 5.46. The van der Waals surface area contributed by atoms with Crippen molar-refractivity contribution in [3.05, 3.63) is 8.57 Å². The average molecular weight is 471 g/mol. The van der Waals surface area contributed by atoms with Gasteiger partial charge in [-0.15, -0.1) is 0 Å². The van der Waals surface area contributed by atoms with Crippen LogP contribution >= 0.6 is 38.5 Å². The summed E-state index contributed by atoms with van der Waals surface area (Å²) in [5.74, 6) is 0.558. The molecule has 0 fully saturated rings. The van der Waals surface area contributed by atoms with Crippen LogP contribution in [0.1, 0.15) is 0 Å². The number of nitrogens with zero attached hydrogens (tertiary/aromatic N) is 1. The van der Waals surface area contributed by atoms with Crippen molar-refractivity contribution in [2.24, 2.45) is 10.7 Å². The van der Waals surface area contributed by atoms with Gasteiger partial charge >= 0.3 is 87.5 Å². The van der Waals surface area contributed by atoms with E-state index in [0.29, 0.717) is 5.84 Å². The Hall–Kier alpha value is 0.978. The SMILES string of the molecule is NC(=N[CH]=[W])C(I)=CBr. The Kier molecular flexibility index (Phi) is 6.36. The van der Waals surface area contributed by atoms with Gasteiger partial charge in [-0.3, -0.25) is 0 Å². The van der Waals surface area contributed by atoms with E-state index in [0.717, 1.165) is 3.58 Å². The molecular formula is C4H4BrIN2W. The minimum absolute atomic E-state index is 0.558. The molecule has 0 unspecified atom stereocenters. The summed E-state index contributed by atoms with van der Waals surface area (Å²) in [5, 5.41) is 0. The summed E-state index contributed by atoms with van der Waals surface area (Å²) in [6.45, 7) is 0. The molecule has 9 heavy (non-hydrogen) atoms. The minimum atomic E-state index is 0.558. The van der Waals surface area contributed by atoms with Gasteiger partial charge in [0.25, 0.3) is 0 Å². The van der Waals surface area contributed by atoms with Crippen molar-refractivity contribution in [1.29, 1.82) is 0 Å². The van der Waals surface area contributed by atoms with Gasteiger partial charge < -0.3 is 0 Å². The number of rotatable bonds is 2. The van der Waals surface area contributed by atoms with Gasteiger partial charge in [-0.2, -0.15) is 0 Å². The van der Waals surface area contributed by atoms with Crippen molar-refractivity contribution < 1.29 is 19.4 Å². The van der Waals surface area contributed by atoms with E-state index in [9.17, 15) is 0 Å². The molecule has 0 saturated carbocycles. The van der Waals surface area contributed by atoms with Gasteiger partial charge in [-0.05, 0) is 0 Å². The first-order valence-corrected chi connectivity index (χ1v) is 5.64. The van der Waals surface area contributed by atoms with Gasteiger partial charge in [-0.25, -0.2) is 0 Å². The van der Waals surface area contributed by atoms with Crippen molar-refractivity contribution >= 4 is 48.9 Å². The monoisotopic (exact) mass is 470 g/mol. The second-order valence-corrected chi connectivity index (χ2v) is 3.45. The third kappa shape index (κ3) is 4.39. The summed E-state index contributed by atoms with van der Waals surface area (Å²) < 4.78 is 2.66. The van der Waals surface area contributed by atoms with E-state index in [1.165, 1.54) is 19.4 Å². The summed E-state index contributed by atoms with van der Waals surface area (Å²) in [6, 6.07) is 0. The molecule has 2 nitrogen and oxygen atoms in total. The summed E-state index contributed by atoms with van der Waals surface area (Å²) in [4.78, 5) is 5.64. The van der Waals surface area contributed by atoms with Crippen molar-refractivity contribution in [3.8, 4) is 0 Å². The Morgan fingerprint density at radius 1 is 1.78 bits per heavy atom. The first-order valence-electron chi connectivity index (χ1n) is 1.95. The van der Waals surface area contributed by atoms with E-state index in [-0.39, 0.29) is 0 Å². The van der Waals surface area contributed by atoms with Crippen molar-refractivity contribution in [2.75, 3.05) is 0 Å². The molecule has 50 valence electrons. The fourth-order valence-electron chi connectivity index (χ4n) is 0.174. The van der Waals surface area contributed by atoms with Crippen molar-refractivity contribution in [2.45, 2.75) is 0 Å². The number of amidine groups is 1. The van der Waals surface area contributed by atoms with E-state index < -0.39 is 0 Å². The molecule has 0 aliphatic rings. The molecule has 0 spiro atoms. The summed E-state index contributed by atoms with van der Waals surface area (Å²) >= 11 is 6.55. The predicted molar refractivity (Wildman–Crippen MR) is 48.7 cm³/mol. The van der Waals surface area contributed by atoms with Crippen LogP contribution in [0.15, 0.2) is 13.6 Å². The maximum atomic E-state index is 5.46. The molecule has 0 radical (unpaired) electrons. The standard InChI is InChI=1S/C4H4BrIN2.W/c1-8-4(7)3(6)2-5;/h1-2H,7H2;. The molecule has 0 amide bonds. The molecule has 0 aromatic carbocycles. The van der Waals surface area contributed by atoms with E-state index in [2.05, 4.69) is 43.5 Å². The number of nitrogens with two attached hydrogens (primary N) is 1. The van der Waals surface area contributed by atoms with E-state index >= 15 is 0 Å². The maximum absolute atomic E-state index is 5.46. The number of halogens is 2. The normalized spacial score (nSPS) is 13.6. The zero-order valence-corrected chi connectivity index (χ0v) is 11.0. The van der Waals surface area contributed by atoms with Crippen LogP contribution in [0.4, 0.5) is 0 Å². The van der Waals surface area contributed by atoms with Crippen molar-refractivity contribution in [1.82, 2.24) is 0 Å². The fraction of sp³-hybridized carbons (Fsp3) is 0. The number of hydrogen-bond acceptors (Lipinski definition) is 1. The quantitative estimate of drug-likeness (QED) is 0.369. The van der Waals surface area contributed by atoms with E-state index in [1.807, 2.05) is 0 Å². The Morgan fingerprint density at radius 2 is 2.33 bits per heavy atom. The Bertz CT molecular complexity index is 166. The van der Waals surface area contributed by atoms with Crippen LogP contribution < -0.4 is 5.73 Å². The molecule has 0 aliphatic heterocycles. The third-order valence-electron chi connectivity index (χ3n) is 0.532. The van der Waals surface area contributed by atoms with Crippen LogP contribution in [0.5, 0.6) is 0 Å². The van der Waals surface area contributed by atoms with Crippen LogP contribution in [-0.2, 0) is 19.4 Å². The predicted octanol–water partition coefficient (Wildman–Crippen LogP) is 1.32. The van der Waals surface area contributed by atoms with Gasteiger partial charge in [0.2, 0.25) is 0 Å². The zero-order valence-electron chi connectivity index (χ0n) is 4.34. The fourth-order valence-corrected chi connectivity index (χ4v) is 0.956. The zero-order chi connectivity index (χ0) is 7.28. The van der Waals surface area contributed by atoms with E-state index in [4.69, 9.17) is 5.73 Å². The van der Waals surface area contributed by atoms with E-state index in [1.54, 1.807) is 9.51 Å². The Balaban J connectivity index is 4.19. The van der Waals surface area contributed by atoms with Gasteiger partial charge in [0.15, 0.2) is 0 Å². The average Bonchev–Trinajstić information content (AvgIpc) is 1.87. The third-order valence-corrected chi connectivity index (χ3v) is 3.09. The van der Waals surface area contributed by atoms with Crippen LogP contribution in [0.25, 0.3) is 0 Å². The molecule has 0 aromatic heterocycles. The first kappa shape index (κ1) is 9.98. The molecule has 0 aromatic rings. The molecule has 0 heterocycles. The molecular weight excluding hydrogens is 467 g/mol. The van der Waals surface area contributed by atoms with Crippen LogP contribution in [0, 0.1) is 0 Å². The van der Waals surface area contributed by atoms with Crippen LogP contribution in [0.3, 0.4) is 0 Å². The Labute approximate surface area is 86.7 Å². The van der Waals surface area contributed by atoms with Gasteiger partial charge in [0.1, 0.15) is 0 Å². The van der Waals surface area contributed by atoms with Crippen LogP contribution in [0.2, 0.25) is 0 Å². The number of hydrogen-bond donors (Lipinski definition) is 1. The second kappa shape index (κ2) is 5.74. The topological polar surface area (TPSA) is 38.4 Å². The van der Waals surface area contributed by atoms with Crippen molar-refractivity contribution in [3.63, 3.8) is 0 Å². The molecule has 0 aliphatic carbocycles. The molecule has 5 heteroatoms. The van der Waals surface area contributed by atoms with Gasteiger partial charge in [-0.1, -0.05) is 0 Å². The van der Waals surface area contributed by atoms with Crippen LogP contribution in [-0.4, -0.2) is 10.4 Å². The Morgan fingerprint density at radius 3 is 2.67 bits per heavy atom. The molecule has 0 atom stereocenters. The summed E-state index contributed by atoms with van der Waals surface area (Å²) in [7, 11) is 0. The molecule has 0 saturated heterocycles. The second-order valence-electron chi connectivity index (χ2n) is 1.08. The van der Waals surface area contributed by atoms with Gasteiger partial charge in [0, 0.05) is 0 Å². The first-order chi connectivity index (χ1) is 4.22. The summed E-state index contributed by atoms with van der Waals surface area (Å²) in [6.07, 6.45) is 0. The molecule has 0 bridgehead atoms.